The fourth-order valence-corrected chi connectivity index (χ4v) is 2.73. The molecule has 0 saturated heterocycles. The molecule has 0 bridgehead atoms. The van der Waals surface area contributed by atoms with Gasteiger partial charge in [0.25, 0.3) is 0 Å². The minimum atomic E-state index is -0.837. The van der Waals surface area contributed by atoms with Gasteiger partial charge in [0, 0.05) is 12.5 Å². The van der Waals surface area contributed by atoms with Gasteiger partial charge in [0.1, 0.15) is 11.9 Å². The Morgan fingerprint density at radius 1 is 1.29 bits per heavy atom. The zero-order valence-electron chi connectivity index (χ0n) is 11.8. The van der Waals surface area contributed by atoms with E-state index < -0.39 is 11.6 Å². The highest BCUT2D eigenvalue weighted by molar-refractivity contribution is 5.41. The first kappa shape index (κ1) is 14.0. The average Bonchev–Trinajstić information content (AvgIpc) is 2.82. The Kier molecular flexibility index (Phi) is 3.64. The summed E-state index contributed by atoms with van der Waals surface area (Å²) in [6, 6.07) is 9.59. The molecule has 0 fully saturated rings. The Hall–Kier alpha value is -1.94. The minimum Gasteiger partial charge on any atom is -0.490 e. The second-order valence-corrected chi connectivity index (χ2v) is 5.52. The number of halogens is 2. The van der Waals surface area contributed by atoms with E-state index in [4.69, 9.17) is 10.5 Å². The summed E-state index contributed by atoms with van der Waals surface area (Å²) < 4.78 is 32.6. The Bertz CT molecular complexity index is 672. The third kappa shape index (κ3) is 2.76. The van der Waals surface area contributed by atoms with Crippen LogP contribution in [0.3, 0.4) is 0 Å². The van der Waals surface area contributed by atoms with Gasteiger partial charge in [0.15, 0.2) is 11.6 Å². The van der Waals surface area contributed by atoms with Gasteiger partial charge < -0.3 is 10.5 Å². The van der Waals surface area contributed by atoms with Crippen LogP contribution in [0.5, 0.6) is 5.75 Å². The van der Waals surface area contributed by atoms with Crippen molar-refractivity contribution in [1.29, 1.82) is 0 Å². The Balaban J connectivity index is 1.81. The standard InChI is InChI=1S/C17H17F2NO/c1-10-7-13-8-11(5-6-16(13)21-10)15(20)9-12-3-2-4-14(18)17(12)19/h2-6,8,10,15H,7,9,20H2,1H3. The maximum absolute atomic E-state index is 13.7. The average molecular weight is 289 g/mol. The van der Waals surface area contributed by atoms with Crippen molar-refractivity contribution in [2.45, 2.75) is 31.9 Å². The summed E-state index contributed by atoms with van der Waals surface area (Å²) in [6.07, 6.45) is 1.29. The van der Waals surface area contributed by atoms with E-state index in [0.717, 1.165) is 29.4 Å². The SMILES string of the molecule is CC1Cc2cc(C(N)Cc3cccc(F)c3F)ccc2O1. The summed E-state index contributed by atoms with van der Waals surface area (Å²) >= 11 is 0. The van der Waals surface area contributed by atoms with E-state index in [2.05, 4.69) is 0 Å². The lowest BCUT2D eigenvalue weighted by molar-refractivity contribution is 0.254. The van der Waals surface area contributed by atoms with Gasteiger partial charge in [-0.25, -0.2) is 8.78 Å². The molecule has 1 aliphatic rings. The molecule has 21 heavy (non-hydrogen) atoms. The Morgan fingerprint density at radius 2 is 2.10 bits per heavy atom. The van der Waals surface area contributed by atoms with Crippen LogP contribution < -0.4 is 10.5 Å². The van der Waals surface area contributed by atoms with E-state index in [-0.39, 0.29) is 18.6 Å². The predicted octanol–water partition coefficient (Wildman–Crippen LogP) is 3.53. The molecule has 0 spiro atoms. The second-order valence-electron chi connectivity index (χ2n) is 5.52. The number of fused-ring (bicyclic) bond motifs is 1. The van der Waals surface area contributed by atoms with Crippen LogP contribution in [0.2, 0.25) is 0 Å². The lowest BCUT2D eigenvalue weighted by Crippen LogP contribution is -2.14. The van der Waals surface area contributed by atoms with Gasteiger partial charge in [-0.2, -0.15) is 0 Å². The van der Waals surface area contributed by atoms with E-state index in [0.29, 0.717) is 5.56 Å². The number of ether oxygens (including phenoxy) is 1. The van der Waals surface area contributed by atoms with Crippen molar-refractivity contribution in [2.24, 2.45) is 5.73 Å². The van der Waals surface area contributed by atoms with Crippen molar-refractivity contribution in [1.82, 2.24) is 0 Å². The molecular formula is C17H17F2NO. The molecule has 0 radical (unpaired) electrons. The monoisotopic (exact) mass is 289 g/mol. The molecule has 0 saturated carbocycles. The lowest BCUT2D eigenvalue weighted by Gasteiger charge is -2.14. The Morgan fingerprint density at radius 3 is 2.90 bits per heavy atom. The number of hydrogen-bond acceptors (Lipinski definition) is 2. The quantitative estimate of drug-likeness (QED) is 0.938. The van der Waals surface area contributed by atoms with Crippen LogP contribution in [0.25, 0.3) is 0 Å². The zero-order chi connectivity index (χ0) is 15.0. The number of hydrogen-bond donors (Lipinski definition) is 1. The van der Waals surface area contributed by atoms with Crippen molar-refractivity contribution >= 4 is 0 Å². The van der Waals surface area contributed by atoms with Gasteiger partial charge in [-0.05, 0) is 42.2 Å². The summed E-state index contributed by atoms with van der Waals surface area (Å²) in [6.45, 7) is 2.02. The van der Waals surface area contributed by atoms with Crippen LogP contribution in [-0.2, 0) is 12.8 Å². The molecule has 3 rings (SSSR count). The van der Waals surface area contributed by atoms with Gasteiger partial charge in [0.05, 0.1) is 0 Å². The van der Waals surface area contributed by atoms with E-state index in [1.807, 2.05) is 25.1 Å². The van der Waals surface area contributed by atoms with E-state index in [1.165, 1.54) is 6.07 Å². The van der Waals surface area contributed by atoms with Crippen LogP contribution >= 0.6 is 0 Å². The largest absolute Gasteiger partial charge is 0.490 e. The molecule has 2 N–H and O–H groups in total. The van der Waals surface area contributed by atoms with E-state index in [9.17, 15) is 8.78 Å². The van der Waals surface area contributed by atoms with Crippen LogP contribution in [0.4, 0.5) is 8.78 Å². The zero-order valence-corrected chi connectivity index (χ0v) is 11.8. The fourth-order valence-electron chi connectivity index (χ4n) is 2.73. The minimum absolute atomic E-state index is 0.173. The number of rotatable bonds is 3. The van der Waals surface area contributed by atoms with Crippen LogP contribution in [0, 0.1) is 11.6 Å². The highest BCUT2D eigenvalue weighted by Crippen LogP contribution is 2.31. The molecule has 110 valence electrons. The normalized spacial score (nSPS) is 18.2. The molecule has 2 nitrogen and oxygen atoms in total. The lowest BCUT2D eigenvalue weighted by atomic mass is 9.97. The molecule has 0 aliphatic carbocycles. The molecule has 4 heteroatoms. The summed E-state index contributed by atoms with van der Waals surface area (Å²) in [5.41, 5.74) is 8.48. The summed E-state index contributed by atoms with van der Waals surface area (Å²) in [4.78, 5) is 0. The van der Waals surface area contributed by atoms with E-state index >= 15 is 0 Å². The van der Waals surface area contributed by atoms with Crippen molar-refractivity contribution in [3.05, 3.63) is 64.7 Å². The third-order valence-corrected chi connectivity index (χ3v) is 3.82. The Labute approximate surface area is 122 Å². The number of benzene rings is 2. The molecule has 2 unspecified atom stereocenters. The first-order valence-electron chi connectivity index (χ1n) is 7.02. The summed E-state index contributed by atoms with van der Waals surface area (Å²) in [5, 5.41) is 0. The van der Waals surface area contributed by atoms with Gasteiger partial charge in [-0.1, -0.05) is 24.3 Å². The first-order valence-corrected chi connectivity index (χ1v) is 7.02. The van der Waals surface area contributed by atoms with Crippen molar-refractivity contribution in [3.8, 4) is 5.75 Å². The van der Waals surface area contributed by atoms with Crippen molar-refractivity contribution in [3.63, 3.8) is 0 Å². The molecule has 0 aromatic heterocycles. The topological polar surface area (TPSA) is 35.2 Å². The molecule has 2 atom stereocenters. The van der Waals surface area contributed by atoms with Gasteiger partial charge in [0.2, 0.25) is 0 Å². The second kappa shape index (κ2) is 5.45. The maximum Gasteiger partial charge on any atom is 0.162 e. The van der Waals surface area contributed by atoms with Gasteiger partial charge in [-0.3, -0.25) is 0 Å². The maximum atomic E-state index is 13.7. The molecule has 0 amide bonds. The van der Waals surface area contributed by atoms with Crippen molar-refractivity contribution < 1.29 is 13.5 Å². The van der Waals surface area contributed by atoms with Crippen LogP contribution in [0.1, 0.15) is 29.7 Å². The fraction of sp³-hybridized carbons (Fsp3) is 0.294. The van der Waals surface area contributed by atoms with Gasteiger partial charge >= 0.3 is 0 Å². The first-order chi connectivity index (χ1) is 10.0. The summed E-state index contributed by atoms with van der Waals surface area (Å²) in [5.74, 6) is -0.766. The third-order valence-electron chi connectivity index (χ3n) is 3.82. The van der Waals surface area contributed by atoms with E-state index in [1.54, 1.807) is 6.07 Å². The highest BCUT2D eigenvalue weighted by Gasteiger charge is 2.20. The summed E-state index contributed by atoms with van der Waals surface area (Å²) in [7, 11) is 0. The molecule has 1 aliphatic heterocycles. The molecule has 1 heterocycles. The highest BCUT2D eigenvalue weighted by atomic mass is 19.2. The molecule has 2 aromatic carbocycles. The van der Waals surface area contributed by atoms with Crippen LogP contribution in [0.15, 0.2) is 36.4 Å². The van der Waals surface area contributed by atoms with Crippen molar-refractivity contribution in [2.75, 3.05) is 0 Å². The van der Waals surface area contributed by atoms with Crippen LogP contribution in [-0.4, -0.2) is 6.10 Å². The number of nitrogens with two attached hydrogens (primary N) is 1. The van der Waals surface area contributed by atoms with Gasteiger partial charge in [-0.15, -0.1) is 0 Å². The smallest absolute Gasteiger partial charge is 0.162 e. The predicted molar refractivity (Wildman–Crippen MR) is 77.2 cm³/mol. The molecule has 2 aromatic rings. The molecular weight excluding hydrogens is 272 g/mol.